The van der Waals surface area contributed by atoms with Gasteiger partial charge in [0.2, 0.25) is 0 Å². The number of ether oxygens (including phenoxy) is 1. The summed E-state index contributed by atoms with van der Waals surface area (Å²) >= 11 is 1.19. The van der Waals surface area contributed by atoms with Crippen molar-refractivity contribution < 1.29 is 31.4 Å². The van der Waals surface area contributed by atoms with Crippen molar-refractivity contribution >= 4 is 27.0 Å². The summed E-state index contributed by atoms with van der Waals surface area (Å²) in [5.41, 5.74) is -2.33. The van der Waals surface area contributed by atoms with E-state index in [1.165, 1.54) is 27.8 Å². The first kappa shape index (κ1) is 25.9. The van der Waals surface area contributed by atoms with E-state index in [1.807, 2.05) is 0 Å². The molecular formula is C24H30F3N3O4S2. The number of aliphatic hydroxyl groups is 1. The van der Waals surface area contributed by atoms with Gasteiger partial charge in [-0.15, -0.1) is 11.3 Å². The number of halogens is 3. The lowest BCUT2D eigenvalue weighted by Gasteiger charge is -2.45. The van der Waals surface area contributed by atoms with Crippen LogP contribution in [0.5, 0.6) is 0 Å². The number of fused-ring (bicyclic) bond motifs is 2. The molecule has 12 heteroatoms. The number of nitrogens with zero attached hydrogens (tertiary/aromatic N) is 3. The minimum absolute atomic E-state index is 0.188. The van der Waals surface area contributed by atoms with E-state index in [0.717, 1.165) is 25.9 Å². The van der Waals surface area contributed by atoms with Gasteiger partial charge in [-0.3, -0.25) is 4.90 Å². The number of morpholine rings is 1. The number of benzene rings is 1. The van der Waals surface area contributed by atoms with Crippen LogP contribution in [0.15, 0.2) is 46.0 Å². The summed E-state index contributed by atoms with van der Waals surface area (Å²) in [5, 5.41) is 11.8. The molecule has 5 rings (SSSR count). The van der Waals surface area contributed by atoms with Gasteiger partial charge in [0.1, 0.15) is 10.9 Å². The molecule has 3 aliphatic rings. The number of piperazine rings is 1. The second-order valence-electron chi connectivity index (χ2n) is 9.72. The van der Waals surface area contributed by atoms with Crippen molar-refractivity contribution in [2.24, 2.45) is 0 Å². The minimum Gasteiger partial charge on any atom is -0.377 e. The molecule has 4 heterocycles. The van der Waals surface area contributed by atoms with E-state index >= 15 is 0 Å². The van der Waals surface area contributed by atoms with E-state index in [0.29, 0.717) is 23.0 Å². The van der Waals surface area contributed by atoms with Crippen LogP contribution in [0.25, 0.3) is 0 Å². The van der Waals surface area contributed by atoms with Crippen molar-refractivity contribution in [3.8, 4) is 0 Å². The molecule has 0 amide bonds. The van der Waals surface area contributed by atoms with Gasteiger partial charge in [-0.25, -0.2) is 21.6 Å². The smallest absolute Gasteiger partial charge is 0.273 e. The lowest BCUT2D eigenvalue weighted by Crippen LogP contribution is -2.59. The third-order valence-corrected chi connectivity index (χ3v) is 10.6. The van der Waals surface area contributed by atoms with Crippen LogP contribution < -0.4 is 4.90 Å². The van der Waals surface area contributed by atoms with Crippen molar-refractivity contribution in [3.05, 3.63) is 47.3 Å². The van der Waals surface area contributed by atoms with Crippen molar-refractivity contribution in [1.29, 1.82) is 0 Å². The predicted octanol–water partition coefficient (Wildman–Crippen LogP) is 2.91. The normalized spacial score (nSPS) is 27.5. The maximum atomic E-state index is 13.3. The van der Waals surface area contributed by atoms with Crippen LogP contribution in [-0.2, 0) is 20.4 Å². The largest absolute Gasteiger partial charge is 0.377 e. The van der Waals surface area contributed by atoms with Gasteiger partial charge in [-0.1, -0.05) is 18.2 Å². The Morgan fingerprint density at radius 3 is 2.36 bits per heavy atom. The minimum atomic E-state index is -3.62. The van der Waals surface area contributed by atoms with Crippen LogP contribution in [0.2, 0.25) is 0 Å². The van der Waals surface area contributed by atoms with E-state index in [-0.39, 0.29) is 36.9 Å². The molecule has 1 N–H and O–H groups in total. The van der Waals surface area contributed by atoms with Crippen LogP contribution in [0.3, 0.4) is 0 Å². The van der Waals surface area contributed by atoms with Crippen molar-refractivity contribution in [1.82, 2.24) is 9.21 Å². The van der Waals surface area contributed by atoms with Crippen molar-refractivity contribution in [2.75, 3.05) is 50.8 Å². The van der Waals surface area contributed by atoms with E-state index in [1.54, 1.807) is 29.6 Å². The van der Waals surface area contributed by atoms with Gasteiger partial charge < -0.3 is 14.7 Å². The summed E-state index contributed by atoms with van der Waals surface area (Å²) in [7, 11) is -3.62. The van der Waals surface area contributed by atoms with Crippen LogP contribution in [0, 0.1) is 0 Å². The Kier molecular flexibility index (Phi) is 7.36. The van der Waals surface area contributed by atoms with Crippen LogP contribution >= 0.6 is 11.3 Å². The third kappa shape index (κ3) is 4.91. The summed E-state index contributed by atoms with van der Waals surface area (Å²) in [6.07, 6.45) is -0.823. The standard InChI is InChI=1S/C24H30F3N3O4S2/c25-16-24(31,23(26)27)17-3-5-18(6-4-17)30-10-9-29(36(32,33)22-2-1-11-35-22)13-19(30)12-28-14-20-7-8-21(15-28)34-20/h1-6,11,19-21,23,31H,7-10,12-16H2. The molecule has 1 aromatic heterocycles. The van der Waals surface area contributed by atoms with Crippen LogP contribution in [0.1, 0.15) is 18.4 Å². The Morgan fingerprint density at radius 2 is 1.78 bits per heavy atom. The Bertz CT molecular complexity index is 1120. The topological polar surface area (TPSA) is 73.3 Å². The molecule has 7 nitrogen and oxygen atoms in total. The first-order valence-corrected chi connectivity index (χ1v) is 14.4. The second-order valence-corrected chi connectivity index (χ2v) is 12.8. The maximum absolute atomic E-state index is 13.3. The van der Waals surface area contributed by atoms with Crippen molar-refractivity contribution in [2.45, 2.75) is 47.3 Å². The Hall–Kier alpha value is -1.70. The molecule has 0 radical (unpaired) electrons. The number of hydrogen-bond acceptors (Lipinski definition) is 7. The van der Waals surface area contributed by atoms with E-state index in [4.69, 9.17) is 4.74 Å². The Morgan fingerprint density at radius 1 is 1.08 bits per heavy atom. The summed E-state index contributed by atoms with van der Waals surface area (Å²) in [4.78, 5) is 4.40. The third-order valence-electron chi connectivity index (χ3n) is 7.39. The van der Waals surface area contributed by atoms with Gasteiger partial charge in [0, 0.05) is 45.0 Å². The molecule has 198 valence electrons. The molecule has 1 aromatic carbocycles. The molecule has 2 bridgehead atoms. The highest BCUT2D eigenvalue weighted by Crippen LogP contribution is 2.33. The van der Waals surface area contributed by atoms with E-state index < -0.39 is 28.7 Å². The predicted molar refractivity (Wildman–Crippen MR) is 131 cm³/mol. The van der Waals surface area contributed by atoms with Gasteiger partial charge in [-0.2, -0.15) is 4.31 Å². The number of thiophene rings is 1. The summed E-state index contributed by atoms with van der Waals surface area (Å²) in [6.45, 7) is 1.57. The van der Waals surface area contributed by atoms with Gasteiger partial charge in [0.25, 0.3) is 16.4 Å². The summed E-state index contributed by atoms with van der Waals surface area (Å²) < 4.78 is 74.2. The Labute approximate surface area is 213 Å². The summed E-state index contributed by atoms with van der Waals surface area (Å²) in [5.74, 6) is 0. The number of sulfonamides is 1. The first-order valence-electron chi connectivity index (χ1n) is 12.1. The van der Waals surface area contributed by atoms with Gasteiger partial charge in [0.05, 0.1) is 18.2 Å². The number of alkyl halides is 3. The fraction of sp³-hybridized carbons (Fsp3) is 0.583. The van der Waals surface area contributed by atoms with Crippen LogP contribution in [0.4, 0.5) is 18.9 Å². The fourth-order valence-corrected chi connectivity index (χ4v) is 8.04. The second kappa shape index (κ2) is 10.2. The molecule has 2 aromatic rings. The van der Waals surface area contributed by atoms with Gasteiger partial charge in [0.15, 0.2) is 5.60 Å². The zero-order valence-electron chi connectivity index (χ0n) is 19.7. The first-order chi connectivity index (χ1) is 17.2. The Balaban J connectivity index is 1.39. The average Bonchev–Trinajstić information content (AvgIpc) is 3.54. The molecular weight excluding hydrogens is 515 g/mol. The van der Waals surface area contributed by atoms with E-state index in [9.17, 15) is 26.7 Å². The molecule has 4 unspecified atom stereocenters. The molecule has 3 saturated heterocycles. The average molecular weight is 546 g/mol. The molecule has 0 spiro atoms. The highest BCUT2D eigenvalue weighted by molar-refractivity contribution is 7.91. The van der Waals surface area contributed by atoms with Gasteiger partial charge in [-0.05, 0) is 42.0 Å². The number of likely N-dealkylation sites (tertiary alicyclic amines) is 1. The molecule has 36 heavy (non-hydrogen) atoms. The number of anilines is 1. The monoisotopic (exact) mass is 545 g/mol. The van der Waals surface area contributed by atoms with E-state index in [2.05, 4.69) is 9.80 Å². The lowest BCUT2D eigenvalue weighted by molar-refractivity contribution is -0.114. The highest BCUT2D eigenvalue weighted by atomic mass is 32.2. The molecule has 0 aliphatic carbocycles. The highest BCUT2D eigenvalue weighted by Gasteiger charge is 2.41. The quantitative estimate of drug-likeness (QED) is 0.550. The lowest BCUT2D eigenvalue weighted by atomic mass is 9.95. The fourth-order valence-electron chi connectivity index (χ4n) is 5.43. The molecule has 3 aliphatic heterocycles. The maximum Gasteiger partial charge on any atom is 0.273 e. The number of rotatable bonds is 8. The summed E-state index contributed by atoms with van der Waals surface area (Å²) in [6, 6.07) is 8.97. The molecule has 0 saturated carbocycles. The number of hydrogen-bond donors (Lipinski definition) is 1. The zero-order valence-corrected chi connectivity index (χ0v) is 21.3. The SMILES string of the molecule is O=S(=O)(c1cccs1)N1CCN(c2ccc(C(O)(CF)C(F)F)cc2)C(CN2CC3CCC(C2)O3)C1. The van der Waals surface area contributed by atoms with Gasteiger partial charge >= 0.3 is 0 Å². The molecule has 3 fully saturated rings. The zero-order chi connectivity index (χ0) is 25.5. The van der Waals surface area contributed by atoms with Crippen LogP contribution in [-0.4, -0.2) is 93.3 Å². The van der Waals surface area contributed by atoms with Crippen molar-refractivity contribution in [3.63, 3.8) is 0 Å². The molecule has 4 atom stereocenters.